The molecule has 0 unspecified atom stereocenters. The average Bonchev–Trinajstić information content (AvgIpc) is 3.67. The predicted octanol–water partition coefficient (Wildman–Crippen LogP) is 5.05. The van der Waals surface area contributed by atoms with Gasteiger partial charge in [0.2, 0.25) is 23.6 Å². The maximum Gasteiger partial charge on any atom is 0.243 e. The van der Waals surface area contributed by atoms with Crippen molar-refractivity contribution < 1.29 is 34.1 Å². The van der Waals surface area contributed by atoms with Crippen molar-refractivity contribution in [2.24, 2.45) is 11.3 Å². The second-order valence-corrected chi connectivity index (χ2v) is 18.0. The van der Waals surface area contributed by atoms with Crippen LogP contribution in [0.5, 0.6) is 11.5 Å². The van der Waals surface area contributed by atoms with Crippen LogP contribution in [0, 0.1) is 14.9 Å². The van der Waals surface area contributed by atoms with Crippen LogP contribution in [0.2, 0.25) is 0 Å². The second kappa shape index (κ2) is 22.0. The summed E-state index contributed by atoms with van der Waals surface area (Å²) in [5.41, 5.74) is 3.29. The van der Waals surface area contributed by atoms with Gasteiger partial charge in [-0.2, -0.15) is 0 Å². The van der Waals surface area contributed by atoms with Gasteiger partial charge in [0.25, 0.3) is 0 Å². The van der Waals surface area contributed by atoms with E-state index in [0.29, 0.717) is 21.6 Å². The molecule has 0 radical (unpaired) electrons. The number of aromatic nitrogens is 2. The molecule has 15 heteroatoms. The van der Waals surface area contributed by atoms with Crippen LogP contribution < -0.4 is 31.3 Å². The van der Waals surface area contributed by atoms with Gasteiger partial charge in [-0.15, -0.1) is 0 Å². The Morgan fingerprint density at radius 3 is 2.11 bits per heavy atom. The molecule has 8 N–H and O–H groups in total. The third kappa shape index (κ3) is 13.5. The first-order valence-electron chi connectivity index (χ1n) is 20.7. The number of benzene rings is 4. The van der Waals surface area contributed by atoms with E-state index in [-0.39, 0.29) is 43.5 Å². The molecule has 0 spiro atoms. The summed E-state index contributed by atoms with van der Waals surface area (Å²) in [5.74, 6) is -0.953. The maximum absolute atomic E-state index is 14.5. The standard InChI is InChI=1S/C47H58IN7O7/c1-28(2)40(44(59)50-27-38-51-34-14-10-11-15-35(34)52-38)55-45(60)41(49-26-31-16-20-32(62-6)21-17-31)42(58)36(25-29-12-8-7-9-13-29)53-46(61)43(47(3,4)5)54-39(57)23-19-30-18-22-37(56)33(48)24-30/h7-18,20-22,24,28,36,40-43,49,56,58H,19,23,25-27H2,1-6H3,(H,50,59)(H,51,52)(H,53,61)(H,54,57)(H,55,60)/t36-,40-,41+,42+,43+/m0/s1. The Morgan fingerprint density at radius 2 is 1.47 bits per heavy atom. The summed E-state index contributed by atoms with van der Waals surface area (Å²) in [7, 11) is 1.57. The summed E-state index contributed by atoms with van der Waals surface area (Å²) < 4.78 is 5.98. The number of aromatic amines is 1. The van der Waals surface area contributed by atoms with Crippen molar-refractivity contribution in [1.29, 1.82) is 0 Å². The number of fused-ring (bicyclic) bond motifs is 1. The Kier molecular flexibility index (Phi) is 16.9. The molecule has 330 valence electrons. The Labute approximate surface area is 376 Å². The van der Waals surface area contributed by atoms with Crippen LogP contribution in [0.3, 0.4) is 0 Å². The van der Waals surface area contributed by atoms with Gasteiger partial charge in [0.05, 0.1) is 40.4 Å². The first-order chi connectivity index (χ1) is 29.5. The number of nitrogens with one attached hydrogen (secondary N) is 6. The van der Waals surface area contributed by atoms with E-state index >= 15 is 0 Å². The molecular weight excluding hydrogens is 901 g/mol. The first-order valence-corrected chi connectivity index (χ1v) is 21.8. The smallest absolute Gasteiger partial charge is 0.243 e. The summed E-state index contributed by atoms with van der Waals surface area (Å²) in [6.45, 7) is 9.37. The van der Waals surface area contributed by atoms with Gasteiger partial charge in [-0.25, -0.2) is 4.98 Å². The summed E-state index contributed by atoms with van der Waals surface area (Å²) >= 11 is 2.03. The number of aryl methyl sites for hydroxylation is 1. The summed E-state index contributed by atoms with van der Waals surface area (Å²) in [6.07, 6.45) is -0.909. The number of carbonyl (C=O) groups is 4. The highest BCUT2D eigenvalue weighted by Gasteiger charge is 2.39. The van der Waals surface area contributed by atoms with Crippen molar-refractivity contribution in [2.75, 3.05) is 7.11 Å². The minimum atomic E-state index is -1.53. The molecule has 0 bridgehead atoms. The average molecular weight is 960 g/mol. The van der Waals surface area contributed by atoms with Crippen molar-refractivity contribution >= 4 is 57.3 Å². The molecule has 0 aliphatic rings. The maximum atomic E-state index is 14.5. The minimum absolute atomic E-state index is 0.0944. The van der Waals surface area contributed by atoms with E-state index in [1.807, 2.05) is 124 Å². The number of hydrogen-bond donors (Lipinski definition) is 8. The molecule has 5 atom stereocenters. The summed E-state index contributed by atoms with van der Waals surface area (Å²) in [4.78, 5) is 63.7. The van der Waals surface area contributed by atoms with Crippen LogP contribution in [0.25, 0.3) is 11.0 Å². The lowest BCUT2D eigenvalue weighted by Crippen LogP contribution is -2.63. The highest BCUT2D eigenvalue weighted by Crippen LogP contribution is 2.23. The third-order valence-corrected chi connectivity index (χ3v) is 11.4. The fourth-order valence-corrected chi connectivity index (χ4v) is 7.56. The number of aliphatic hydroxyl groups excluding tert-OH is 1. The lowest BCUT2D eigenvalue weighted by atomic mass is 9.85. The quantitative estimate of drug-likeness (QED) is 0.0491. The van der Waals surface area contributed by atoms with Crippen molar-refractivity contribution in [2.45, 2.75) is 97.2 Å². The number of rotatable bonds is 20. The molecule has 0 aliphatic heterocycles. The van der Waals surface area contributed by atoms with Gasteiger partial charge in [-0.05, 0) is 99.9 Å². The molecule has 14 nitrogen and oxygen atoms in total. The summed E-state index contributed by atoms with van der Waals surface area (Å²) in [5, 5.41) is 37.2. The highest BCUT2D eigenvalue weighted by molar-refractivity contribution is 14.1. The third-order valence-electron chi connectivity index (χ3n) is 10.5. The Morgan fingerprint density at radius 1 is 0.790 bits per heavy atom. The number of aromatic hydroxyl groups is 1. The van der Waals surface area contributed by atoms with Gasteiger partial charge in [0.15, 0.2) is 0 Å². The lowest BCUT2D eigenvalue weighted by Gasteiger charge is -2.35. The van der Waals surface area contributed by atoms with Gasteiger partial charge in [-0.1, -0.05) is 95.3 Å². The van der Waals surface area contributed by atoms with E-state index in [4.69, 9.17) is 4.74 Å². The number of imidazole rings is 1. The van der Waals surface area contributed by atoms with Crippen LogP contribution >= 0.6 is 22.6 Å². The molecule has 5 aromatic rings. The van der Waals surface area contributed by atoms with Gasteiger partial charge >= 0.3 is 0 Å². The number of halogens is 1. The van der Waals surface area contributed by atoms with Crippen LogP contribution in [0.4, 0.5) is 0 Å². The number of methoxy groups -OCH3 is 1. The summed E-state index contributed by atoms with van der Waals surface area (Å²) in [6, 6.07) is 24.8. The van der Waals surface area contributed by atoms with E-state index in [1.54, 1.807) is 37.4 Å². The van der Waals surface area contributed by atoms with Crippen molar-refractivity contribution in [3.8, 4) is 11.5 Å². The number of phenolic OH excluding ortho intramolecular Hbond substituents is 1. The normalized spacial score (nSPS) is 14.0. The number of para-hydroxylation sites is 2. The number of nitrogens with zero attached hydrogens (tertiary/aromatic N) is 1. The molecule has 1 aromatic heterocycles. The monoisotopic (exact) mass is 959 g/mol. The zero-order valence-corrected chi connectivity index (χ0v) is 38.2. The molecule has 0 fully saturated rings. The number of hydrogen-bond acceptors (Lipinski definition) is 9. The number of H-pyrrole nitrogens is 1. The number of aliphatic hydroxyl groups is 1. The molecule has 0 saturated heterocycles. The van der Waals surface area contributed by atoms with Crippen LogP contribution in [0.1, 0.15) is 63.6 Å². The molecule has 5 rings (SSSR count). The first kappa shape index (κ1) is 47.5. The van der Waals surface area contributed by atoms with Gasteiger partial charge in [0, 0.05) is 13.0 Å². The zero-order valence-electron chi connectivity index (χ0n) is 36.0. The lowest BCUT2D eigenvalue weighted by molar-refractivity contribution is -0.135. The molecule has 0 aliphatic carbocycles. The topological polar surface area (TPSA) is 207 Å². The molecule has 4 aromatic carbocycles. The molecule has 0 saturated carbocycles. The molecule has 62 heavy (non-hydrogen) atoms. The predicted molar refractivity (Wildman–Crippen MR) is 247 cm³/mol. The number of carbonyl (C=O) groups excluding carboxylic acids is 4. The fourth-order valence-electron chi connectivity index (χ4n) is 6.98. The number of phenols is 1. The second-order valence-electron chi connectivity index (χ2n) is 16.8. The highest BCUT2D eigenvalue weighted by atomic mass is 127. The van der Waals surface area contributed by atoms with Crippen molar-refractivity contribution in [3.63, 3.8) is 0 Å². The van der Waals surface area contributed by atoms with Crippen molar-refractivity contribution in [1.82, 2.24) is 36.6 Å². The molecule has 1 heterocycles. The fraction of sp³-hybridized carbons (Fsp3) is 0.383. The van der Waals surface area contributed by atoms with E-state index in [2.05, 4.69) is 36.6 Å². The Bertz CT molecular complexity index is 2250. The number of amides is 4. The molecule has 4 amide bonds. The number of ether oxygens (including phenoxy) is 1. The van der Waals surface area contributed by atoms with Crippen LogP contribution in [0.15, 0.2) is 97.1 Å². The van der Waals surface area contributed by atoms with Crippen LogP contribution in [-0.2, 0) is 45.1 Å². The van der Waals surface area contributed by atoms with E-state index in [0.717, 1.165) is 27.7 Å². The SMILES string of the molecule is COc1ccc(CN[C@@H](C(=O)N[C@H](C(=O)NCc2nc3ccccc3[nH]2)C(C)C)[C@H](O)[C@H](Cc2ccccc2)NC(=O)[C@@H](NC(=O)CCc2ccc(O)c(I)c2)C(C)(C)C)cc1. The van der Waals surface area contributed by atoms with E-state index in [1.165, 1.54) is 0 Å². The van der Waals surface area contributed by atoms with Crippen LogP contribution in [-0.4, -0.2) is 81.2 Å². The van der Waals surface area contributed by atoms with E-state index in [9.17, 15) is 29.4 Å². The van der Waals surface area contributed by atoms with Gasteiger partial charge < -0.3 is 41.2 Å². The van der Waals surface area contributed by atoms with Crippen molar-refractivity contribution in [3.05, 3.63) is 123 Å². The largest absolute Gasteiger partial charge is 0.507 e. The van der Waals surface area contributed by atoms with E-state index < -0.39 is 53.4 Å². The Balaban J connectivity index is 1.38. The Hall–Kier alpha value is -5.52. The minimum Gasteiger partial charge on any atom is -0.507 e. The van der Waals surface area contributed by atoms with Gasteiger partial charge in [-0.3, -0.25) is 24.5 Å². The molecular formula is C47H58IN7O7. The zero-order chi connectivity index (χ0) is 45.0. The van der Waals surface area contributed by atoms with Gasteiger partial charge in [0.1, 0.15) is 35.4 Å².